The monoisotopic (exact) mass is 633 g/mol. The Morgan fingerprint density at radius 1 is 1.09 bits per heavy atom. The molecule has 4 aromatic rings. The minimum absolute atomic E-state index is 0.0348. The van der Waals surface area contributed by atoms with Gasteiger partial charge < -0.3 is 14.4 Å². The normalized spacial score (nSPS) is 17.0. The molecule has 3 aromatic heterocycles. The molecule has 0 unspecified atom stereocenters. The van der Waals surface area contributed by atoms with E-state index in [9.17, 15) is 10.1 Å². The zero-order valence-corrected chi connectivity index (χ0v) is 26.0. The van der Waals surface area contributed by atoms with Gasteiger partial charge in [0.15, 0.2) is 5.78 Å². The van der Waals surface area contributed by atoms with Crippen molar-refractivity contribution < 1.29 is 14.3 Å². The van der Waals surface area contributed by atoms with Gasteiger partial charge in [0.2, 0.25) is 5.95 Å². The number of aromatic nitrogens is 4. The van der Waals surface area contributed by atoms with Crippen molar-refractivity contribution in [3.05, 3.63) is 70.2 Å². The molecule has 10 nitrogen and oxygen atoms in total. The van der Waals surface area contributed by atoms with Gasteiger partial charge in [-0.15, -0.1) is 0 Å². The van der Waals surface area contributed by atoms with Gasteiger partial charge in [0.1, 0.15) is 18.4 Å². The van der Waals surface area contributed by atoms with Crippen LogP contribution in [0.25, 0.3) is 16.6 Å². The summed E-state index contributed by atoms with van der Waals surface area (Å²) in [5.41, 5.74) is 2.90. The summed E-state index contributed by atoms with van der Waals surface area (Å²) in [4.78, 5) is 27.0. The Balaban J connectivity index is 1.14. The molecular weight excluding hydrogens is 601 g/mol. The van der Waals surface area contributed by atoms with Crippen molar-refractivity contribution in [2.45, 2.75) is 26.2 Å². The van der Waals surface area contributed by atoms with Crippen molar-refractivity contribution in [3.63, 3.8) is 0 Å². The molecule has 2 aliphatic heterocycles. The number of anilines is 1. The van der Waals surface area contributed by atoms with Crippen molar-refractivity contribution in [1.82, 2.24) is 24.5 Å². The molecule has 5 heterocycles. The van der Waals surface area contributed by atoms with Crippen molar-refractivity contribution in [2.24, 2.45) is 5.41 Å². The van der Waals surface area contributed by atoms with E-state index < -0.39 is 0 Å². The number of carbonyl (C=O) groups excluding carboxylic acids is 1. The maximum absolute atomic E-state index is 13.1. The van der Waals surface area contributed by atoms with Gasteiger partial charge in [0.25, 0.3) is 0 Å². The molecule has 0 amide bonds. The predicted octanol–water partition coefficient (Wildman–Crippen LogP) is 5.56. The number of hydrogen-bond acceptors (Lipinski definition) is 9. The fraction of sp³-hybridized carbons (Fsp3) is 0.406. The first-order valence-corrected chi connectivity index (χ1v) is 15.5. The molecule has 0 saturated carbocycles. The van der Waals surface area contributed by atoms with E-state index in [4.69, 9.17) is 42.6 Å². The van der Waals surface area contributed by atoms with Gasteiger partial charge in [0, 0.05) is 62.7 Å². The molecule has 12 heteroatoms. The van der Waals surface area contributed by atoms with Crippen molar-refractivity contribution in [2.75, 3.05) is 57.4 Å². The summed E-state index contributed by atoms with van der Waals surface area (Å²) in [6, 6.07) is 9.29. The number of hydrogen-bond donors (Lipinski definition) is 0. The van der Waals surface area contributed by atoms with Crippen LogP contribution in [0.15, 0.2) is 49.1 Å². The highest BCUT2D eigenvalue weighted by Crippen LogP contribution is 2.38. The summed E-state index contributed by atoms with van der Waals surface area (Å²) in [6.07, 6.45) is 8.89. The molecule has 0 N–H and O–H groups in total. The number of morpholine rings is 1. The smallest absolute Gasteiger partial charge is 0.225 e. The largest absolute Gasteiger partial charge is 0.491 e. The molecule has 0 bridgehead atoms. The van der Waals surface area contributed by atoms with E-state index >= 15 is 0 Å². The summed E-state index contributed by atoms with van der Waals surface area (Å²) in [5, 5.41) is 14.9. The van der Waals surface area contributed by atoms with Gasteiger partial charge in [-0.1, -0.05) is 36.2 Å². The summed E-state index contributed by atoms with van der Waals surface area (Å²) in [7, 11) is 0. The number of fused-ring (bicyclic) bond motifs is 1. The third-order valence-electron chi connectivity index (χ3n) is 8.52. The molecule has 0 aliphatic carbocycles. The van der Waals surface area contributed by atoms with Gasteiger partial charge in [-0.3, -0.25) is 9.69 Å². The highest BCUT2D eigenvalue weighted by molar-refractivity contribution is 6.39. The van der Waals surface area contributed by atoms with E-state index in [-0.39, 0.29) is 11.2 Å². The van der Waals surface area contributed by atoms with Crippen molar-refractivity contribution in [1.29, 1.82) is 5.26 Å². The number of rotatable bonds is 9. The average molecular weight is 635 g/mol. The van der Waals surface area contributed by atoms with Crippen LogP contribution in [0.3, 0.4) is 0 Å². The van der Waals surface area contributed by atoms with Gasteiger partial charge in [0.05, 0.1) is 52.3 Å². The number of carbonyl (C=O) groups is 1. The fourth-order valence-corrected chi connectivity index (χ4v) is 6.49. The minimum atomic E-state index is -0.181. The number of ether oxygens (including phenoxy) is 2. The highest BCUT2D eigenvalue weighted by Gasteiger charge is 2.34. The Bertz CT molecular complexity index is 1670. The van der Waals surface area contributed by atoms with E-state index in [1.165, 1.54) is 0 Å². The van der Waals surface area contributed by atoms with Gasteiger partial charge in [-0.05, 0) is 36.5 Å². The second-order valence-corrected chi connectivity index (χ2v) is 12.4. The van der Waals surface area contributed by atoms with Crippen LogP contribution < -0.4 is 9.64 Å². The molecule has 2 aliphatic rings. The van der Waals surface area contributed by atoms with Crippen molar-refractivity contribution in [3.8, 4) is 22.9 Å². The number of nitrogens with zero attached hydrogens (tertiary/aromatic N) is 7. The van der Waals surface area contributed by atoms with Gasteiger partial charge in [-0.25, -0.2) is 14.5 Å². The Labute approximate surface area is 266 Å². The maximum Gasteiger partial charge on any atom is 0.225 e. The molecule has 1 aromatic carbocycles. The first-order chi connectivity index (χ1) is 21.3. The third-order valence-corrected chi connectivity index (χ3v) is 9.15. The predicted molar refractivity (Wildman–Crippen MR) is 169 cm³/mol. The number of ketones is 1. The number of nitriles is 1. The fourth-order valence-electron chi connectivity index (χ4n) is 5.88. The van der Waals surface area contributed by atoms with Crippen LogP contribution in [0.2, 0.25) is 10.0 Å². The Hall–Kier alpha value is -3.75. The van der Waals surface area contributed by atoms with Gasteiger partial charge in [-0.2, -0.15) is 10.4 Å². The van der Waals surface area contributed by atoms with Crippen LogP contribution in [-0.4, -0.2) is 82.8 Å². The number of benzene rings is 1. The number of pyridine rings is 1. The topological polar surface area (TPSA) is 109 Å². The summed E-state index contributed by atoms with van der Waals surface area (Å²) >= 11 is 12.6. The molecule has 0 spiro atoms. The summed E-state index contributed by atoms with van der Waals surface area (Å²) < 4.78 is 13.2. The van der Waals surface area contributed by atoms with E-state index in [0.717, 1.165) is 69.9 Å². The van der Waals surface area contributed by atoms with Crippen molar-refractivity contribution >= 4 is 40.5 Å². The number of halogens is 2. The standard InChI is InChI=1S/C32H33Cl2N7O3/c1-32(16-28(42)29-26(33)3-2-4-27(29)34)5-7-40(8-6-32)31-36-18-23(19-37-31)25-15-24(21-41-30(25)22(17-35)20-38-41)44-14-11-39-9-12-43-13-10-39/h2-4,15,18-21H,5-14,16H2,1H3. The summed E-state index contributed by atoms with van der Waals surface area (Å²) in [6.45, 7) is 8.18. The first-order valence-electron chi connectivity index (χ1n) is 14.7. The summed E-state index contributed by atoms with van der Waals surface area (Å²) in [5.74, 6) is 1.24. The molecule has 44 heavy (non-hydrogen) atoms. The van der Waals surface area contributed by atoms with E-state index in [0.29, 0.717) is 51.4 Å². The Morgan fingerprint density at radius 2 is 1.80 bits per heavy atom. The van der Waals surface area contributed by atoms with Crippen LogP contribution >= 0.6 is 23.2 Å². The van der Waals surface area contributed by atoms with Crippen LogP contribution in [0.4, 0.5) is 5.95 Å². The molecule has 6 rings (SSSR count). The lowest BCUT2D eigenvalue weighted by Gasteiger charge is -2.39. The molecular formula is C32H33Cl2N7O3. The quantitative estimate of drug-likeness (QED) is 0.219. The van der Waals surface area contributed by atoms with Crippen LogP contribution in [-0.2, 0) is 4.74 Å². The molecule has 2 saturated heterocycles. The van der Waals surface area contributed by atoms with E-state index in [2.05, 4.69) is 27.9 Å². The third kappa shape index (κ3) is 6.52. The second-order valence-electron chi connectivity index (χ2n) is 11.6. The lowest BCUT2D eigenvalue weighted by molar-refractivity contribution is 0.0322. The van der Waals surface area contributed by atoms with Gasteiger partial charge >= 0.3 is 0 Å². The molecule has 2 fully saturated rings. The maximum atomic E-state index is 13.1. The zero-order valence-electron chi connectivity index (χ0n) is 24.5. The highest BCUT2D eigenvalue weighted by atomic mass is 35.5. The van der Waals surface area contributed by atoms with Crippen LogP contribution in [0.5, 0.6) is 5.75 Å². The average Bonchev–Trinajstić information content (AvgIpc) is 3.45. The number of piperidine rings is 1. The molecule has 0 radical (unpaired) electrons. The lowest BCUT2D eigenvalue weighted by atomic mass is 9.75. The SMILES string of the molecule is CC1(CC(=O)c2c(Cl)cccc2Cl)CCN(c2ncc(-c3cc(OCCN4CCOCC4)cn4ncc(C#N)c34)cn2)CC1. The lowest BCUT2D eigenvalue weighted by Crippen LogP contribution is -2.40. The molecule has 0 atom stereocenters. The van der Waals surface area contributed by atoms with E-state index in [1.807, 2.05) is 6.07 Å². The van der Waals surface area contributed by atoms with Crippen LogP contribution in [0.1, 0.15) is 42.1 Å². The van der Waals surface area contributed by atoms with Crippen LogP contribution in [0, 0.1) is 16.7 Å². The first kappa shape index (κ1) is 30.3. The number of Topliss-reactive ketones (excluding diaryl/α,β-unsaturated/α-hetero) is 1. The Kier molecular flexibility index (Phi) is 9.01. The molecule has 228 valence electrons. The Morgan fingerprint density at radius 3 is 2.48 bits per heavy atom. The second kappa shape index (κ2) is 13.1. The zero-order chi connectivity index (χ0) is 30.7. The van der Waals surface area contributed by atoms with E-state index in [1.54, 1.807) is 47.5 Å². The minimum Gasteiger partial charge on any atom is -0.491 e.